The highest BCUT2D eigenvalue weighted by atomic mass is 16.6. The van der Waals surface area contributed by atoms with Crippen molar-refractivity contribution in [3.63, 3.8) is 0 Å². The predicted octanol–water partition coefficient (Wildman–Crippen LogP) is 1.06. The van der Waals surface area contributed by atoms with Gasteiger partial charge >= 0.3 is 23.9 Å². The number of nitrogens with one attached hydrogen (secondary N) is 1. The minimum absolute atomic E-state index is 0.106. The summed E-state index contributed by atoms with van der Waals surface area (Å²) in [5.41, 5.74) is -4.64. The molecule has 1 unspecified atom stereocenters. The van der Waals surface area contributed by atoms with E-state index in [1.807, 2.05) is 0 Å². The number of likely N-dealkylation sites (N-methyl/N-ethyl adjacent to an activating group) is 1. The summed E-state index contributed by atoms with van der Waals surface area (Å²) in [6.45, 7) is 7.28. The number of carbonyl (C=O) groups excluding carboxylic acids is 5. The van der Waals surface area contributed by atoms with Crippen molar-refractivity contribution in [1.29, 1.82) is 0 Å². The molecule has 1 amide bonds. The normalized spacial score (nSPS) is 19.8. The van der Waals surface area contributed by atoms with Crippen LogP contribution in [-0.4, -0.2) is 68.8 Å². The molecule has 36 heavy (non-hydrogen) atoms. The van der Waals surface area contributed by atoms with Gasteiger partial charge in [-0.1, -0.05) is 17.7 Å². The number of benzene rings is 1. The fourth-order valence-corrected chi connectivity index (χ4v) is 4.65. The molecule has 2 aliphatic heterocycles. The minimum Gasteiger partial charge on any atom is -0.464 e. The lowest BCUT2D eigenvalue weighted by Crippen LogP contribution is -2.65. The molecule has 1 atom stereocenters. The maximum atomic E-state index is 14.0. The predicted molar refractivity (Wildman–Crippen MR) is 126 cm³/mol. The van der Waals surface area contributed by atoms with Gasteiger partial charge in [-0.05, 0) is 40.7 Å². The zero-order chi connectivity index (χ0) is 26.8. The third kappa shape index (κ3) is 3.74. The maximum Gasteiger partial charge on any atom is 0.343 e. The van der Waals surface area contributed by atoms with Gasteiger partial charge in [0.2, 0.25) is 5.54 Å². The number of amides is 1. The SMILES string of the molecule is CCOC(=O)C1=C(C(=O)OCC)C2(NC1(C(=O)OCC)C(=O)OCC)C(=O)N(C)c1ccc(C)cc12. The fraction of sp³-hybridized carbons (Fsp3) is 0.480. The van der Waals surface area contributed by atoms with E-state index in [1.165, 1.54) is 32.7 Å². The number of hydrogen-bond acceptors (Lipinski definition) is 10. The number of hydrogen-bond donors (Lipinski definition) is 1. The number of fused-ring (bicyclic) bond motifs is 2. The van der Waals surface area contributed by atoms with E-state index in [0.29, 0.717) is 5.69 Å². The Morgan fingerprint density at radius 3 is 1.83 bits per heavy atom. The molecule has 11 heteroatoms. The lowest BCUT2D eigenvalue weighted by Gasteiger charge is -2.32. The molecule has 0 bridgehead atoms. The van der Waals surface area contributed by atoms with Crippen molar-refractivity contribution in [1.82, 2.24) is 5.32 Å². The second-order valence-electron chi connectivity index (χ2n) is 8.14. The zero-order valence-corrected chi connectivity index (χ0v) is 21.2. The van der Waals surface area contributed by atoms with Crippen LogP contribution in [0.25, 0.3) is 0 Å². The first-order chi connectivity index (χ1) is 17.1. The van der Waals surface area contributed by atoms with E-state index < -0.39 is 52.0 Å². The molecule has 0 saturated carbocycles. The quantitative estimate of drug-likeness (QED) is 0.312. The van der Waals surface area contributed by atoms with Crippen molar-refractivity contribution in [3.05, 3.63) is 40.5 Å². The summed E-state index contributed by atoms with van der Waals surface area (Å²) in [6.07, 6.45) is 0. The van der Waals surface area contributed by atoms with Crippen molar-refractivity contribution in [2.24, 2.45) is 0 Å². The van der Waals surface area contributed by atoms with Gasteiger partial charge in [-0.3, -0.25) is 10.1 Å². The summed E-state index contributed by atoms with van der Waals surface area (Å²) < 4.78 is 20.8. The number of carbonyl (C=O) groups is 5. The molecular weight excluding hydrogens is 472 g/mol. The number of rotatable bonds is 8. The maximum absolute atomic E-state index is 14.0. The van der Waals surface area contributed by atoms with Gasteiger partial charge in [0.1, 0.15) is 0 Å². The van der Waals surface area contributed by atoms with E-state index in [2.05, 4.69) is 5.32 Å². The first-order valence-corrected chi connectivity index (χ1v) is 11.7. The molecule has 1 aromatic rings. The molecule has 11 nitrogen and oxygen atoms in total. The van der Waals surface area contributed by atoms with Gasteiger partial charge in [0.25, 0.3) is 5.91 Å². The van der Waals surface area contributed by atoms with E-state index in [-0.39, 0.29) is 32.0 Å². The minimum atomic E-state index is -2.68. The largest absolute Gasteiger partial charge is 0.464 e. The van der Waals surface area contributed by atoms with Crippen LogP contribution in [0.15, 0.2) is 29.3 Å². The van der Waals surface area contributed by atoms with Crippen molar-refractivity contribution in [2.45, 2.75) is 45.7 Å². The third-order valence-electron chi connectivity index (χ3n) is 6.04. The van der Waals surface area contributed by atoms with Crippen LogP contribution in [-0.2, 0) is 48.5 Å². The Hall–Kier alpha value is -3.73. The monoisotopic (exact) mass is 502 g/mol. The van der Waals surface area contributed by atoms with E-state index >= 15 is 0 Å². The van der Waals surface area contributed by atoms with Gasteiger partial charge in [0.15, 0.2) is 5.54 Å². The second kappa shape index (κ2) is 10.1. The van der Waals surface area contributed by atoms with Crippen LogP contribution in [0.4, 0.5) is 5.69 Å². The second-order valence-corrected chi connectivity index (χ2v) is 8.14. The summed E-state index contributed by atoms with van der Waals surface area (Å²) in [4.78, 5) is 69.2. The number of anilines is 1. The van der Waals surface area contributed by atoms with Crippen molar-refractivity contribution in [2.75, 3.05) is 38.4 Å². The van der Waals surface area contributed by atoms with Crippen molar-refractivity contribution < 1.29 is 42.9 Å². The molecule has 1 spiro atoms. The Morgan fingerprint density at radius 1 is 0.833 bits per heavy atom. The van der Waals surface area contributed by atoms with Gasteiger partial charge in [0.05, 0.1) is 37.6 Å². The highest BCUT2D eigenvalue weighted by Crippen LogP contribution is 2.52. The summed E-state index contributed by atoms with van der Waals surface area (Å²) >= 11 is 0. The molecule has 0 aliphatic carbocycles. The van der Waals surface area contributed by atoms with E-state index in [9.17, 15) is 24.0 Å². The number of esters is 4. The molecule has 2 aliphatic rings. The van der Waals surface area contributed by atoms with Gasteiger partial charge in [-0.2, -0.15) is 0 Å². The van der Waals surface area contributed by atoms with Crippen LogP contribution in [0.2, 0.25) is 0 Å². The number of nitrogens with zero attached hydrogens (tertiary/aromatic N) is 1. The topological polar surface area (TPSA) is 138 Å². The molecule has 1 N–H and O–H groups in total. The molecule has 0 radical (unpaired) electrons. The van der Waals surface area contributed by atoms with Crippen LogP contribution < -0.4 is 10.2 Å². The van der Waals surface area contributed by atoms with Gasteiger partial charge < -0.3 is 23.8 Å². The van der Waals surface area contributed by atoms with Gasteiger partial charge in [-0.25, -0.2) is 19.2 Å². The highest BCUT2D eigenvalue weighted by molar-refractivity contribution is 6.26. The summed E-state index contributed by atoms with van der Waals surface area (Å²) in [6, 6.07) is 5.07. The lowest BCUT2D eigenvalue weighted by molar-refractivity contribution is -0.166. The smallest absolute Gasteiger partial charge is 0.343 e. The Morgan fingerprint density at radius 2 is 1.33 bits per heavy atom. The molecule has 3 rings (SSSR count). The standard InChI is InChI=1S/C25H30N2O9/c1-7-33-19(28)17-18(20(29)34-8-2)25(22(31)35-9-3,23(32)36-10-4)26-24(17)15-13-14(5)11-12-16(15)27(6)21(24)30/h11-13,26H,7-10H2,1-6H3. The van der Waals surface area contributed by atoms with E-state index in [4.69, 9.17) is 18.9 Å². The van der Waals surface area contributed by atoms with Gasteiger partial charge in [0, 0.05) is 18.3 Å². The zero-order valence-electron chi connectivity index (χ0n) is 21.2. The first-order valence-electron chi connectivity index (χ1n) is 11.7. The average molecular weight is 503 g/mol. The van der Waals surface area contributed by atoms with Crippen LogP contribution in [0.1, 0.15) is 38.8 Å². The molecule has 0 aromatic heterocycles. The van der Waals surface area contributed by atoms with E-state index in [1.54, 1.807) is 32.0 Å². The van der Waals surface area contributed by atoms with Gasteiger partial charge in [-0.15, -0.1) is 0 Å². The Bertz CT molecular complexity index is 1140. The number of aryl methyl sites for hydroxylation is 1. The summed E-state index contributed by atoms with van der Waals surface area (Å²) in [5.74, 6) is -5.38. The van der Waals surface area contributed by atoms with Crippen molar-refractivity contribution in [3.8, 4) is 0 Å². The molecular formula is C25H30N2O9. The Labute approximate surface area is 208 Å². The van der Waals surface area contributed by atoms with Crippen LogP contribution in [0, 0.1) is 6.92 Å². The fourth-order valence-electron chi connectivity index (χ4n) is 4.65. The van der Waals surface area contributed by atoms with Crippen LogP contribution in [0.5, 0.6) is 0 Å². The molecule has 1 aromatic carbocycles. The summed E-state index contributed by atoms with van der Waals surface area (Å²) in [5, 5.41) is 2.78. The van der Waals surface area contributed by atoms with Crippen LogP contribution in [0.3, 0.4) is 0 Å². The third-order valence-corrected chi connectivity index (χ3v) is 6.04. The molecule has 194 valence electrons. The molecule has 0 saturated heterocycles. The summed E-state index contributed by atoms with van der Waals surface area (Å²) in [7, 11) is 1.48. The first kappa shape index (κ1) is 26.9. The van der Waals surface area contributed by atoms with Crippen LogP contribution >= 0.6 is 0 Å². The number of ether oxygens (including phenoxy) is 4. The Balaban J connectivity index is 2.54. The molecule has 0 fully saturated rings. The Kier molecular flexibility index (Phi) is 7.54. The average Bonchev–Trinajstić information content (AvgIpc) is 3.27. The lowest BCUT2D eigenvalue weighted by atomic mass is 9.82. The van der Waals surface area contributed by atoms with E-state index in [0.717, 1.165) is 5.56 Å². The highest BCUT2D eigenvalue weighted by Gasteiger charge is 2.72. The molecule has 2 heterocycles. The van der Waals surface area contributed by atoms with Crippen molar-refractivity contribution >= 4 is 35.5 Å².